The van der Waals surface area contributed by atoms with Crippen molar-refractivity contribution >= 4 is 0 Å². The molecule has 0 aliphatic heterocycles. The van der Waals surface area contributed by atoms with E-state index in [2.05, 4.69) is 42.0 Å². The summed E-state index contributed by atoms with van der Waals surface area (Å²) >= 11 is 0. The highest BCUT2D eigenvalue weighted by molar-refractivity contribution is 4.45. The molecule has 0 fully saturated rings. The van der Waals surface area contributed by atoms with Gasteiger partial charge in [0.15, 0.2) is 0 Å². The van der Waals surface area contributed by atoms with Gasteiger partial charge in [0.25, 0.3) is 0 Å². The highest BCUT2D eigenvalue weighted by Crippen LogP contribution is 2.10. The minimum absolute atomic E-state index is 0. The first-order valence-corrected chi connectivity index (χ1v) is 8.97. The zero-order chi connectivity index (χ0) is 15.5. The molecule has 0 N–H and O–H groups in total. The number of hydrogen-bond donors (Lipinski definition) is 0. The van der Waals surface area contributed by atoms with Crippen molar-refractivity contribution in [3.05, 3.63) is 0 Å². The van der Waals surface area contributed by atoms with E-state index in [9.17, 15) is 0 Å². The highest BCUT2D eigenvalue weighted by atomic mass is 79.9. The standard InChI is InChI=1S/C18H42N2.2BrH/c1-7-9-15-19(3,4)17-13-11-12-14-18-20(5,6)16-10-8-2;;/h7-18H2,1-6H3;2*1H/q+2;;/p-2. The molecular formula is C18H42Br2N2. The minimum atomic E-state index is 0. The lowest BCUT2D eigenvalue weighted by atomic mass is 10.1. The fourth-order valence-electron chi connectivity index (χ4n) is 2.83. The Kier molecular flexibility index (Phi) is 19.4. The Morgan fingerprint density at radius 1 is 0.455 bits per heavy atom. The van der Waals surface area contributed by atoms with Gasteiger partial charge in [-0.25, -0.2) is 0 Å². The summed E-state index contributed by atoms with van der Waals surface area (Å²) in [5.41, 5.74) is 0. The van der Waals surface area contributed by atoms with Gasteiger partial charge in [0.2, 0.25) is 0 Å². The van der Waals surface area contributed by atoms with Crippen LogP contribution < -0.4 is 34.0 Å². The quantitative estimate of drug-likeness (QED) is 0.234. The summed E-state index contributed by atoms with van der Waals surface area (Å²) < 4.78 is 2.43. The van der Waals surface area contributed by atoms with Crippen LogP contribution >= 0.6 is 0 Å². The van der Waals surface area contributed by atoms with E-state index in [1.807, 2.05) is 0 Å². The van der Waals surface area contributed by atoms with Crippen LogP contribution in [0.2, 0.25) is 0 Å². The molecule has 0 saturated carbocycles. The van der Waals surface area contributed by atoms with Crippen molar-refractivity contribution < 1.29 is 42.9 Å². The lowest BCUT2D eigenvalue weighted by Gasteiger charge is -2.30. The minimum Gasteiger partial charge on any atom is -1.00 e. The number of unbranched alkanes of at least 4 members (excludes halogenated alkanes) is 5. The molecule has 4 heteroatoms. The van der Waals surface area contributed by atoms with Gasteiger partial charge in [-0.05, 0) is 38.5 Å². The molecule has 0 aliphatic rings. The Bertz CT molecular complexity index is 207. The van der Waals surface area contributed by atoms with Crippen LogP contribution in [0.3, 0.4) is 0 Å². The first-order valence-electron chi connectivity index (χ1n) is 8.97. The molecule has 0 atom stereocenters. The van der Waals surface area contributed by atoms with Crippen molar-refractivity contribution in [3.63, 3.8) is 0 Å². The average molecular weight is 446 g/mol. The molecule has 0 rings (SSSR count). The first kappa shape index (κ1) is 27.7. The Hall–Kier alpha value is 0.880. The second-order valence-electron chi connectivity index (χ2n) is 7.89. The Labute approximate surface area is 162 Å². The molecule has 0 aromatic heterocycles. The lowest BCUT2D eigenvalue weighted by Crippen LogP contribution is -3.00. The monoisotopic (exact) mass is 444 g/mol. The molecule has 0 bridgehead atoms. The van der Waals surface area contributed by atoms with Crippen LogP contribution in [-0.2, 0) is 0 Å². The van der Waals surface area contributed by atoms with Crippen molar-refractivity contribution in [3.8, 4) is 0 Å². The summed E-state index contributed by atoms with van der Waals surface area (Å²) in [6.07, 6.45) is 11.0. The summed E-state index contributed by atoms with van der Waals surface area (Å²) in [5, 5.41) is 0. The Morgan fingerprint density at radius 2 is 0.727 bits per heavy atom. The topological polar surface area (TPSA) is 0 Å². The zero-order valence-corrected chi connectivity index (χ0v) is 19.3. The van der Waals surface area contributed by atoms with Crippen LogP contribution in [0.5, 0.6) is 0 Å². The summed E-state index contributed by atoms with van der Waals surface area (Å²) in [5.74, 6) is 0. The van der Waals surface area contributed by atoms with E-state index in [1.54, 1.807) is 0 Å². The van der Waals surface area contributed by atoms with Gasteiger partial charge in [0.1, 0.15) is 0 Å². The van der Waals surface area contributed by atoms with Gasteiger partial charge in [0.05, 0.1) is 54.4 Å². The third-order valence-electron chi connectivity index (χ3n) is 4.51. The van der Waals surface area contributed by atoms with Gasteiger partial charge in [0, 0.05) is 0 Å². The van der Waals surface area contributed by atoms with Crippen molar-refractivity contribution in [2.24, 2.45) is 0 Å². The molecule has 0 unspecified atom stereocenters. The smallest absolute Gasteiger partial charge is 0.0782 e. The zero-order valence-electron chi connectivity index (χ0n) is 16.1. The van der Waals surface area contributed by atoms with Gasteiger partial charge in [-0.1, -0.05) is 26.7 Å². The molecule has 0 aliphatic carbocycles. The first-order chi connectivity index (χ1) is 9.33. The maximum Gasteiger partial charge on any atom is 0.0782 e. The van der Waals surface area contributed by atoms with E-state index < -0.39 is 0 Å². The van der Waals surface area contributed by atoms with E-state index in [1.165, 1.54) is 86.5 Å². The van der Waals surface area contributed by atoms with Crippen LogP contribution in [-0.4, -0.2) is 63.3 Å². The second-order valence-corrected chi connectivity index (χ2v) is 7.89. The molecule has 0 amide bonds. The van der Waals surface area contributed by atoms with E-state index in [0.29, 0.717) is 0 Å². The van der Waals surface area contributed by atoms with Crippen LogP contribution in [0, 0.1) is 0 Å². The number of rotatable bonds is 13. The molecule has 0 heterocycles. The normalized spacial score (nSPS) is 11.7. The molecule has 0 aromatic carbocycles. The summed E-state index contributed by atoms with van der Waals surface area (Å²) in [6.45, 7) is 9.98. The number of quaternary nitrogens is 2. The molecular weight excluding hydrogens is 404 g/mol. The van der Waals surface area contributed by atoms with Crippen molar-refractivity contribution in [2.75, 3.05) is 54.4 Å². The van der Waals surface area contributed by atoms with Gasteiger partial charge in [-0.15, -0.1) is 0 Å². The van der Waals surface area contributed by atoms with Gasteiger partial charge in [-0.3, -0.25) is 0 Å². The number of hydrogen-bond acceptors (Lipinski definition) is 0. The summed E-state index contributed by atoms with van der Waals surface area (Å²) in [6, 6.07) is 0. The van der Waals surface area contributed by atoms with Crippen molar-refractivity contribution in [2.45, 2.75) is 65.2 Å². The van der Waals surface area contributed by atoms with E-state index in [0.717, 1.165) is 0 Å². The van der Waals surface area contributed by atoms with Crippen LogP contribution in [0.1, 0.15) is 65.2 Å². The van der Waals surface area contributed by atoms with Gasteiger partial charge >= 0.3 is 0 Å². The van der Waals surface area contributed by atoms with E-state index in [-0.39, 0.29) is 34.0 Å². The van der Waals surface area contributed by atoms with Gasteiger partial charge < -0.3 is 42.9 Å². The SMILES string of the molecule is CCCC[N+](C)(C)CCCCCC[N+](C)(C)CCCC.[Br-].[Br-]. The third kappa shape index (κ3) is 17.2. The molecule has 22 heavy (non-hydrogen) atoms. The molecule has 0 saturated heterocycles. The molecule has 0 aromatic rings. The summed E-state index contributed by atoms with van der Waals surface area (Å²) in [4.78, 5) is 0. The maximum absolute atomic E-state index is 2.39. The highest BCUT2D eigenvalue weighted by Gasteiger charge is 2.15. The summed E-state index contributed by atoms with van der Waals surface area (Å²) in [7, 11) is 9.56. The van der Waals surface area contributed by atoms with Crippen LogP contribution in [0.25, 0.3) is 0 Å². The van der Waals surface area contributed by atoms with Crippen molar-refractivity contribution in [1.29, 1.82) is 0 Å². The number of nitrogens with zero attached hydrogens (tertiary/aromatic N) is 2. The predicted octanol–water partition coefficient (Wildman–Crippen LogP) is -1.69. The molecule has 0 spiro atoms. The molecule has 0 radical (unpaired) electrons. The molecule has 2 nitrogen and oxygen atoms in total. The average Bonchev–Trinajstić information content (AvgIpc) is 2.38. The van der Waals surface area contributed by atoms with Crippen LogP contribution in [0.4, 0.5) is 0 Å². The largest absolute Gasteiger partial charge is 1.00 e. The van der Waals surface area contributed by atoms with Crippen LogP contribution in [0.15, 0.2) is 0 Å². The predicted molar refractivity (Wildman–Crippen MR) is 92.0 cm³/mol. The fraction of sp³-hybridized carbons (Fsp3) is 1.00. The third-order valence-corrected chi connectivity index (χ3v) is 4.51. The lowest BCUT2D eigenvalue weighted by molar-refractivity contribution is -0.891. The fourth-order valence-corrected chi connectivity index (χ4v) is 2.83. The number of halogens is 2. The Balaban J connectivity index is -0.00000180. The van der Waals surface area contributed by atoms with Crippen molar-refractivity contribution in [1.82, 2.24) is 0 Å². The van der Waals surface area contributed by atoms with E-state index in [4.69, 9.17) is 0 Å². The second kappa shape index (κ2) is 15.4. The van der Waals surface area contributed by atoms with Gasteiger partial charge in [-0.2, -0.15) is 0 Å². The molecule has 138 valence electrons. The van der Waals surface area contributed by atoms with E-state index >= 15 is 0 Å². The Morgan fingerprint density at radius 3 is 1.00 bits per heavy atom. The maximum atomic E-state index is 2.39.